The van der Waals surface area contributed by atoms with Crippen molar-refractivity contribution in [2.75, 3.05) is 18.8 Å². The van der Waals surface area contributed by atoms with Crippen LogP contribution in [0.5, 0.6) is 0 Å². The lowest BCUT2D eigenvalue weighted by Crippen LogP contribution is -2.54. The van der Waals surface area contributed by atoms with Crippen molar-refractivity contribution in [2.45, 2.75) is 50.8 Å². The van der Waals surface area contributed by atoms with E-state index < -0.39 is 36.0 Å². The number of unbranched alkanes of at least 4 members (excludes halogenated alkanes) is 1. The molecule has 1 aromatic rings. The Bertz CT molecular complexity index is 761. The van der Waals surface area contributed by atoms with Crippen molar-refractivity contribution in [3.05, 3.63) is 35.9 Å². The topological polar surface area (TPSA) is 125 Å². The van der Waals surface area contributed by atoms with Gasteiger partial charge in [0.05, 0.1) is 0 Å². The molecule has 31 heavy (non-hydrogen) atoms. The maximum Gasteiger partial charge on any atom is 0.410 e. The molecule has 0 aliphatic carbocycles. The minimum atomic E-state index is -0.879. The first-order chi connectivity index (χ1) is 14.9. The number of carbonyl (C=O) groups is 4. The Labute approximate surface area is 186 Å². The molecular formula is C21H29N3O6S. The summed E-state index contributed by atoms with van der Waals surface area (Å²) < 4.78 is 5.33. The van der Waals surface area contributed by atoms with Crippen LogP contribution in [0.2, 0.25) is 0 Å². The minimum absolute atomic E-state index is 0.0422. The average molecular weight is 452 g/mol. The Morgan fingerprint density at radius 2 is 1.94 bits per heavy atom. The molecule has 2 atom stereocenters. The highest BCUT2D eigenvalue weighted by molar-refractivity contribution is 7.80. The molecule has 0 radical (unpaired) electrons. The highest BCUT2D eigenvalue weighted by atomic mass is 32.1. The molecule has 0 saturated carbocycles. The van der Waals surface area contributed by atoms with Crippen molar-refractivity contribution in [1.82, 2.24) is 15.5 Å². The number of carbonyl (C=O) groups excluding carboxylic acids is 3. The second kappa shape index (κ2) is 12.8. The van der Waals surface area contributed by atoms with Gasteiger partial charge in [0.2, 0.25) is 11.8 Å². The molecule has 3 amide bonds. The van der Waals surface area contributed by atoms with Gasteiger partial charge < -0.3 is 20.5 Å². The van der Waals surface area contributed by atoms with Gasteiger partial charge in [0.1, 0.15) is 18.7 Å². The highest BCUT2D eigenvalue weighted by Gasteiger charge is 2.36. The minimum Gasteiger partial charge on any atom is -0.481 e. The lowest BCUT2D eigenvalue weighted by atomic mass is 10.2. The number of hydrogen-bond acceptors (Lipinski definition) is 6. The van der Waals surface area contributed by atoms with Gasteiger partial charge in [-0.3, -0.25) is 19.3 Å². The van der Waals surface area contributed by atoms with E-state index in [0.29, 0.717) is 38.8 Å². The highest BCUT2D eigenvalue weighted by Crippen LogP contribution is 2.19. The van der Waals surface area contributed by atoms with Gasteiger partial charge in [-0.2, -0.15) is 12.6 Å². The van der Waals surface area contributed by atoms with Crippen LogP contribution >= 0.6 is 12.6 Å². The van der Waals surface area contributed by atoms with Gasteiger partial charge in [0, 0.05) is 25.3 Å². The van der Waals surface area contributed by atoms with E-state index in [-0.39, 0.29) is 18.8 Å². The summed E-state index contributed by atoms with van der Waals surface area (Å²) in [7, 11) is 0. The first kappa shape index (κ1) is 24.5. The molecular weight excluding hydrogens is 422 g/mol. The molecule has 1 aliphatic rings. The zero-order valence-electron chi connectivity index (χ0n) is 17.3. The van der Waals surface area contributed by atoms with E-state index >= 15 is 0 Å². The smallest absolute Gasteiger partial charge is 0.410 e. The van der Waals surface area contributed by atoms with E-state index in [4.69, 9.17) is 9.84 Å². The third-order valence-corrected chi connectivity index (χ3v) is 5.29. The van der Waals surface area contributed by atoms with Gasteiger partial charge in [-0.05, 0) is 31.2 Å². The number of nitrogens with zero attached hydrogens (tertiary/aromatic N) is 1. The van der Waals surface area contributed by atoms with Crippen LogP contribution in [0.3, 0.4) is 0 Å². The van der Waals surface area contributed by atoms with Gasteiger partial charge in [-0.1, -0.05) is 30.3 Å². The number of aliphatic carboxylic acids is 1. The summed E-state index contributed by atoms with van der Waals surface area (Å²) in [5.74, 6) is -1.60. The summed E-state index contributed by atoms with van der Waals surface area (Å²) in [4.78, 5) is 49.4. The number of hydrogen-bond donors (Lipinski definition) is 4. The van der Waals surface area contributed by atoms with Crippen LogP contribution in [0, 0.1) is 0 Å². The lowest BCUT2D eigenvalue weighted by Gasteiger charge is -2.25. The fraction of sp³-hybridized carbons (Fsp3) is 0.524. The Morgan fingerprint density at radius 3 is 2.61 bits per heavy atom. The third-order valence-electron chi connectivity index (χ3n) is 4.93. The van der Waals surface area contributed by atoms with Crippen LogP contribution in [0.4, 0.5) is 4.79 Å². The van der Waals surface area contributed by atoms with Gasteiger partial charge in [0.15, 0.2) is 0 Å². The summed E-state index contributed by atoms with van der Waals surface area (Å²) in [5, 5.41) is 14.0. The number of rotatable bonds is 11. The third kappa shape index (κ3) is 8.12. The second-order valence-electron chi connectivity index (χ2n) is 7.28. The number of benzene rings is 1. The monoisotopic (exact) mass is 451 g/mol. The van der Waals surface area contributed by atoms with Crippen molar-refractivity contribution in [1.29, 1.82) is 0 Å². The standard InChI is InChI=1S/C21H29N3O6S/c25-18(26)10-4-5-11-22-19(27)16(14-31)23-20(28)17-9-6-12-24(17)21(29)30-13-15-7-2-1-3-8-15/h1-3,7-8,16-17,31H,4-6,9-14H2,(H,22,27)(H,23,28)(H,25,26)/t16-,17+/m0/s1. The predicted octanol–water partition coefficient (Wildman–Crippen LogP) is 1.57. The molecule has 0 aromatic heterocycles. The largest absolute Gasteiger partial charge is 0.481 e. The maximum atomic E-state index is 12.7. The molecule has 2 rings (SSSR count). The predicted molar refractivity (Wildman–Crippen MR) is 117 cm³/mol. The van der Waals surface area contributed by atoms with E-state index in [2.05, 4.69) is 23.3 Å². The number of amides is 3. The number of thiol groups is 1. The summed E-state index contributed by atoms with van der Waals surface area (Å²) >= 11 is 4.14. The van der Waals surface area contributed by atoms with E-state index in [1.165, 1.54) is 4.90 Å². The van der Waals surface area contributed by atoms with Crippen molar-refractivity contribution < 1.29 is 29.0 Å². The zero-order valence-corrected chi connectivity index (χ0v) is 18.2. The van der Waals surface area contributed by atoms with Crippen LogP contribution in [-0.2, 0) is 25.7 Å². The Kier molecular flexibility index (Phi) is 10.2. The van der Waals surface area contributed by atoms with Crippen molar-refractivity contribution >= 4 is 36.5 Å². The van der Waals surface area contributed by atoms with Gasteiger partial charge in [-0.25, -0.2) is 4.79 Å². The van der Waals surface area contributed by atoms with Crippen molar-refractivity contribution in [3.63, 3.8) is 0 Å². The van der Waals surface area contributed by atoms with E-state index in [0.717, 1.165) is 5.56 Å². The maximum absolute atomic E-state index is 12.7. The molecule has 170 valence electrons. The van der Waals surface area contributed by atoms with E-state index in [9.17, 15) is 19.2 Å². The van der Waals surface area contributed by atoms with Crippen molar-refractivity contribution in [3.8, 4) is 0 Å². The number of likely N-dealkylation sites (tertiary alicyclic amines) is 1. The quantitative estimate of drug-likeness (QED) is 0.299. The van der Waals surface area contributed by atoms with Crippen LogP contribution in [0.25, 0.3) is 0 Å². The Balaban J connectivity index is 1.81. The summed E-state index contributed by atoms with van der Waals surface area (Å²) in [6, 6.07) is 7.72. The number of ether oxygens (including phenoxy) is 1. The van der Waals surface area contributed by atoms with E-state index in [1.807, 2.05) is 30.3 Å². The summed E-state index contributed by atoms with van der Waals surface area (Å²) in [6.07, 6.45) is 1.61. The number of carboxylic acid groups (broad SMARTS) is 1. The van der Waals surface area contributed by atoms with Gasteiger partial charge >= 0.3 is 12.1 Å². The molecule has 0 unspecified atom stereocenters. The van der Waals surface area contributed by atoms with Crippen LogP contribution < -0.4 is 10.6 Å². The first-order valence-electron chi connectivity index (χ1n) is 10.3. The fourth-order valence-electron chi connectivity index (χ4n) is 3.26. The SMILES string of the molecule is O=C(O)CCCCNC(=O)[C@H](CS)NC(=O)[C@H]1CCCN1C(=O)OCc1ccccc1. The van der Waals surface area contributed by atoms with Gasteiger partial charge in [0.25, 0.3) is 0 Å². The molecule has 10 heteroatoms. The van der Waals surface area contributed by atoms with Crippen LogP contribution in [0.15, 0.2) is 30.3 Å². The lowest BCUT2D eigenvalue weighted by molar-refractivity contribution is -0.137. The molecule has 3 N–H and O–H groups in total. The van der Waals surface area contributed by atoms with Crippen molar-refractivity contribution in [2.24, 2.45) is 0 Å². The summed E-state index contributed by atoms with van der Waals surface area (Å²) in [6.45, 7) is 0.842. The number of carboxylic acids is 1. The average Bonchev–Trinajstić information content (AvgIpc) is 3.26. The molecule has 1 fully saturated rings. The Hall–Kier alpha value is -2.75. The van der Waals surface area contributed by atoms with E-state index in [1.54, 1.807) is 0 Å². The molecule has 1 heterocycles. The molecule has 0 spiro atoms. The zero-order chi connectivity index (χ0) is 22.6. The Morgan fingerprint density at radius 1 is 1.19 bits per heavy atom. The number of nitrogens with one attached hydrogen (secondary N) is 2. The van der Waals surface area contributed by atoms with Crippen LogP contribution in [0.1, 0.15) is 37.7 Å². The molecule has 9 nitrogen and oxygen atoms in total. The summed E-state index contributed by atoms with van der Waals surface area (Å²) in [5.41, 5.74) is 0.853. The molecule has 1 aliphatic heterocycles. The second-order valence-corrected chi connectivity index (χ2v) is 7.64. The van der Waals surface area contributed by atoms with Crippen LogP contribution in [-0.4, -0.2) is 64.8 Å². The fourth-order valence-corrected chi connectivity index (χ4v) is 3.52. The first-order valence-corrected chi connectivity index (χ1v) is 10.9. The molecule has 0 bridgehead atoms. The normalized spacial score (nSPS) is 16.4. The molecule has 1 saturated heterocycles. The van der Waals surface area contributed by atoms with Gasteiger partial charge in [-0.15, -0.1) is 0 Å². The molecule has 1 aromatic carbocycles.